The highest BCUT2D eigenvalue weighted by Crippen LogP contribution is 2.56. The fraction of sp³-hybridized carbons (Fsp3) is 0.390. The lowest BCUT2D eigenvalue weighted by Crippen LogP contribution is -2.69. The first kappa shape index (κ1) is 34.0. The van der Waals surface area contributed by atoms with Gasteiger partial charge in [0, 0.05) is 74.8 Å². The third-order valence-electron chi connectivity index (χ3n) is 12.9. The van der Waals surface area contributed by atoms with E-state index >= 15 is 4.79 Å². The lowest BCUT2D eigenvalue weighted by molar-refractivity contribution is -0.153. The number of benzene rings is 2. The van der Waals surface area contributed by atoms with Crippen LogP contribution >= 0.6 is 23.2 Å². The Morgan fingerprint density at radius 1 is 0.648 bits per heavy atom. The van der Waals surface area contributed by atoms with Crippen molar-refractivity contribution in [1.29, 1.82) is 0 Å². The second kappa shape index (κ2) is 12.8. The maximum atomic E-state index is 15.2. The smallest absolute Gasteiger partial charge is 0.176 e. The summed E-state index contributed by atoms with van der Waals surface area (Å²) in [5.74, 6) is 2.12. The molecule has 6 heterocycles. The molecule has 2 aliphatic carbocycles. The summed E-state index contributed by atoms with van der Waals surface area (Å²) in [5.41, 5.74) is 4.06. The maximum Gasteiger partial charge on any atom is 0.176 e. The Hall–Kier alpha value is -4.55. The molecular weight excluding hydrogens is 719 g/mol. The predicted octanol–water partition coefficient (Wildman–Crippen LogP) is 7.09. The van der Waals surface area contributed by atoms with Gasteiger partial charge in [0.25, 0.3) is 0 Å². The van der Waals surface area contributed by atoms with Crippen LogP contribution in [0.15, 0.2) is 85.7 Å². The van der Waals surface area contributed by atoms with Crippen LogP contribution in [0.25, 0.3) is 22.1 Å². The van der Waals surface area contributed by atoms with E-state index < -0.39 is 0 Å². The quantitative estimate of drug-likeness (QED) is 0.151. The van der Waals surface area contributed by atoms with Gasteiger partial charge in [-0.1, -0.05) is 47.5 Å². The van der Waals surface area contributed by atoms with Gasteiger partial charge in [0.15, 0.2) is 5.78 Å². The van der Waals surface area contributed by atoms with Gasteiger partial charge in [0.1, 0.15) is 35.6 Å². The van der Waals surface area contributed by atoms with E-state index in [4.69, 9.17) is 23.2 Å². The number of carbonyl (C=O) groups excluding carboxylic acids is 1. The van der Waals surface area contributed by atoms with Crippen molar-refractivity contribution >= 4 is 62.7 Å². The number of aromatic amines is 2. The molecule has 2 atom stereocenters. The van der Waals surface area contributed by atoms with Crippen LogP contribution in [0.2, 0.25) is 10.0 Å². The summed E-state index contributed by atoms with van der Waals surface area (Å²) in [6.45, 7) is 3.51. The molecule has 2 saturated carbocycles. The number of nitrogens with zero attached hydrogens (tertiary/aromatic N) is 8. The van der Waals surface area contributed by atoms with Crippen LogP contribution in [0, 0.1) is 10.8 Å². The van der Waals surface area contributed by atoms with Gasteiger partial charge < -0.3 is 19.8 Å². The number of nitrogens with one attached hydrogen (secondary N) is 2. The van der Waals surface area contributed by atoms with Crippen molar-refractivity contribution in [1.82, 2.24) is 39.7 Å². The third-order valence-corrected chi connectivity index (χ3v) is 13.4. The van der Waals surface area contributed by atoms with Crippen LogP contribution < -0.4 is 9.80 Å². The van der Waals surface area contributed by atoms with E-state index in [-0.39, 0.29) is 28.7 Å². The molecule has 4 fully saturated rings. The minimum Gasteiger partial charge on any atom is -0.356 e. The van der Waals surface area contributed by atoms with Crippen LogP contribution in [0.1, 0.15) is 48.9 Å². The van der Waals surface area contributed by atoms with E-state index in [2.05, 4.69) is 63.6 Å². The topological polar surface area (TPSA) is 113 Å². The minimum atomic E-state index is -0.384. The molecule has 4 aliphatic rings. The van der Waals surface area contributed by atoms with Gasteiger partial charge in [-0.3, -0.25) is 14.6 Å². The van der Waals surface area contributed by atoms with Crippen LogP contribution in [0.4, 0.5) is 11.6 Å². The molecule has 0 radical (unpaired) electrons. The number of likely N-dealkylation sites (tertiary alicyclic amines) is 2. The van der Waals surface area contributed by atoms with Crippen LogP contribution in [0.5, 0.6) is 0 Å². The molecule has 11 nitrogen and oxygen atoms in total. The summed E-state index contributed by atoms with van der Waals surface area (Å²) in [7, 11) is 4.27. The molecule has 2 aliphatic heterocycles. The fourth-order valence-corrected chi connectivity index (χ4v) is 10.4. The molecule has 13 heteroatoms. The standard InChI is InChI=1S/C41H42Cl2N10O/c1-50(38-31-11-13-44-36(31)46-23-48-38)29-15-40(16-29)19-52(20-40)33(25-3-7-27(42)8-4-25)35(54)34(26-5-9-28(43)10-6-26)53-21-41(22-53)17-30(18-41)51(2)39-32-12-14-45-37(32)47-24-49-39/h3-14,23-24,29-30,33-34H,15-22H2,1-2H3,(H,44,46,48)(H,45,47,49). The zero-order chi connectivity index (χ0) is 36.8. The van der Waals surface area contributed by atoms with Gasteiger partial charge in [0.2, 0.25) is 0 Å². The Balaban J connectivity index is 0.866. The third kappa shape index (κ3) is 5.58. The average molecular weight is 762 g/mol. The molecule has 10 rings (SSSR count). The number of anilines is 2. The van der Waals surface area contributed by atoms with Crippen LogP contribution in [-0.2, 0) is 4.79 Å². The Bertz CT molecular complexity index is 2170. The predicted molar refractivity (Wildman–Crippen MR) is 212 cm³/mol. The van der Waals surface area contributed by atoms with E-state index in [1.54, 1.807) is 12.7 Å². The van der Waals surface area contributed by atoms with E-state index in [9.17, 15) is 0 Å². The SMILES string of the molecule is CN(c1ncnc2[nH]ccc12)C1CC2(C1)CN(C(C(=O)C(c1ccc(Cl)cc1)N1CC3(CC(N(C)c4ncnc5[nH]ccc45)C3)C1)c1ccc(Cl)cc1)C2. The van der Waals surface area contributed by atoms with Gasteiger partial charge in [-0.2, -0.15) is 0 Å². The Labute approximate surface area is 323 Å². The number of aromatic nitrogens is 6. The van der Waals surface area contributed by atoms with Crippen molar-refractivity contribution in [2.45, 2.75) is 49.9 Å². The maximum absolute atomic E-state index is 15.2. The van der Waals surface area contributed by atoms with E-state index in [0.717, 1.165) is 96.7 Å². The van der Waals surface area contributed by atoms with Crippen LogP contribution in [-0.4, -0.2) is 97.8 Å². The number of carbonyl (C=O) groups is 1. The number of ketones is 1. The lowest BCUT2D eigenvalue weighted by Gasteiger charge is -2.64. The van der Waals surface area contributed by atoms with Crippen LogP contribution in [0.3, 0.4) is 0 Å². The lowest BCUT2D eigenvalue weighted by atomic mass is 9.59. The molecule has 4 aromatic heterocycles. The zero-order valence-electron chi connectivity index (χ0n) is 30.3. The van der Waals surface area contributed by atoms with Gasteiger partial charge in [-0.15, -0.1) is 0 Å². The molecule has 54 heavy (non-hydrogen) atoms. The first-order chi connectivity index (χ1) is 26.2. The molecule has 2 saturated heterocycles. The summed E-state index contributed by atoms with van der Waals surface area (Å²) in [5, 5.41) is 3.41. The molecule has 276 valence electrons. The normalized spacial score (nSPS) is 20.7. The summed E-state index contributed by atoms with van der Waals surface area (Å²) < 4.78 is 0. The zero-order valence-corrected chi connectivity index (χ0v) is 31.8. The van der Waals surface area contributed by atoms with Crippen molar-refractivity contribution in [2.24, 2.45) is 10.8 Å². The molecule has 0 amide bonds. The number of hydrogen-bond acceptors (Lipinski definition) is 9. The molecular formula is C41H42Cl2N10O. The molecule has 0 bridgehead atoms. The van der Waals surface area contributed by atoms with Crippen molar-refractivity contribution < 1.29 is 4.79 Å². The number of rotatable bonds is 10. The number of Topliss-reactive ketones (excluding diaryl/α,β-unsaturated/α-hetero) is 1. The van der Waals surface area contributed by atoms with Crippen molar-refractivity contribution in [3.05, 3.63) is 107 Å². The number of H-pyrrole nitrogens is 2. The molecule has 2 spiro atoms. The first-order valence-electron chi connectivity index (χ1n) is 18.7. The monoisotopic (exact) mass is 760 g/mol. The summed E-state index contributed by atoms with van der Waals surface area (Å²) in [4.78, 5) is 49.1. The van der Waals surface area contributed by atoms with E-state index in [0.29, 0.717) is 22.1 Å². The van der Waals surface area contributed by atoms with Gasteiger partial charge >= 0.3 is 0 Å². The minimum absolute atomic E-state index is 0.188. The van der Waals surface area contributed by atoms with E-state index in [1.165, 1.54) is 0 Å². The number of fused-ring (bicyclic) bond motifs is 2. The Kier molecular flexibility index (Phi) is 8.03. The van der Waals surface area contributed by atoms with Gasteiger partial charge in [-0.05, 0) is 84.0 Å². The highest BCUT2D eigenvalue weighted by molar-refractivity contribution is 6.30. The summed E-state index contributed by atoms with van der Waals surface area (Å²) in [6.07, 6.45) is 11.3. The highest BCUT2D eigenvalue weighted by atomic mass is 35.5. The van der Waals surface area contributed by atoms with Crippen molar-refractivity contribution in [2.75, 3.05) is 50.1 Å². The van der Waals surface area contributed by atoms with Crippen molar-refractivity contribution in [3.8, 4) is 0 Å². The highest BCUT2D eigenvalue weighted by Gasteiger charge is 2.59. The first-order valence-corrected chi connectivity index (χ1v) is 19.5. The van der Waals surface area contributed by atoms with Gasteiger partial charge in [0.05, 0.1) is 22.9 Å². The van der Waals surface area contributed by atoms with Gasteiger partial charge in [-0.25, -0.2) is 19.9 Å². The summed E-state index contributed by atoms with van der Waals surface area (Å²) >= 11 is 12.8. The molecule has 2 N–H and O–H groups in total. The number of halogens is 2. The Morgan fingerprint density at radius 3 is 1.43 bits per heavy atom. The average Bonchev–Trinajstić information content (AvgIpc) is 3.80. The second-order valence-electron chi connectivity index (χ2n) is 16.3. The van der Waals surface area contributed by atoms with E-state index in [1.807, 2.05) is 73.1 Å². The largest absolute Gasteiger partial charge is 0.356 e. The molecule has 2 unspecified atom stereocenters. The fourth-order valence-electron chi connectivity index (χ4n) is 10.1. The number of hydrogen-bond donors (Lipinski definition) is 2. The Morgan fingerprint density at radius 2 is 1.04 bits per heavy atom. The summed E-state index contributed by atoms with van der Waals surface area (Å²) in [6, 6.07) is 19.8. The van der Waals surface area contributed by atoms with Crippen molar-refractivity contribution in [3.63, 3.8) is 0 Å². The second-order valence-corrected chi connectivity index (χ2v) is 17.2. The molecule has 6 aromatic rings. The molecule has 2 aromatic carbocycles.